The van der Waals surface area contributed by atoms with Crippen molar-refractivity contribution >= 4 is 5.71 Å². The van der Waals surface area contributed by atoms with Crippen LogP contribution >= 0.6 is 0 Å². The summed E-state index contributed by atoms with van der Waals surface area (Å²) in [6.07, 6.45) is 2.78. The second-order valence-corrected chi connectivity index (χ2v) is 6.68. The lowest BCUT2D eigenvalue weighted by Crippen LogP contribution is -2.29. The SMILES string of the molecule is CCOc1ccc([C@H]2CC(C3CC3)=C(C#N)C(=N)C2C#N)c(OCC)c1. The van der Waals surface area contributed by atoms with Crippen LogP contribution in [-0.2, 0) is 0 Å². The lowest BCUT2D eigenvalue weighted by atomic mass is 9.71. The fourth-order valence-corrected chi connectivity index (χ4v) is 3.72. The van der Waals surface area contributed by atoms with Crippen molar-refractivity contribution in [2.45, 2.75) is 39.0 Å². The molecule has 0 aliphatic heterocycles. The molecular formula is C21H23N3O2. The molecule has 0 amide bonds. The fraction of sp³-hybridized carbons (Fsp3) is 0.476. The zero-order chi connectivity index (χ0) is 18.7. The van der Waals surface area contributed by atoms with E-state index in [-0.39, 0.29) is 11.6 Å². The van der Waals surface area contributed by atoms with E-state index in [4.69, 9.17) is 14.9 Å². The highest BCUT2D eigenvalue weighted by molar-refractivity contribution is 6.06. The largest absolute Gasteiger partial charge is 0.494 e. The number of hydrogen-bond donors (Lipinski definition) is 1. The zero-order valence-electron chi connectivity index (χ0n) is 15.2. The van der Waals surface area contributed by atoms with Gasteiger partial charge >= 0.3 is 0 Å². The van der Waals surface area contributed by atoms with E-state index in [0.29, 0.717) is 36.9 Å². The van der Waals surface area contributed by atoms with E-state index < -0.39 is 5.92 Å². The van der Waals surface area contributed by atoms with Gasteiger partial charge in [0.05, 0.1) is 36.5 Å². The lowest BCUT2D eigenvalue weighted by molar-refractivity contribution is 0.318. The van der Waals surface area contributed by atoms with Gasteiger partial charge in [0.15, 0.2) is 0 Å². The van der Waals surface area contributed by atoms with E-state index in [1.807, 2.05) is 32.0 Å². The average molecular weight is 349 g/mol. The molecule has 0 aromatic heterocycles. The smallest absolute Gasteiger partial charge is 0.126 e. The van der Waals surface area contributed by atoms with E-state index in [0.717, 1.165) is 29.7 Å². The average Bonchev–Trinajstić information content (AvgIpc) is 3.47. The van der Waals surface area contributed by atoms with Crippen LogP contribution in [0.5, 0.6) is 11.5 Å². The van der Waals surface area contributed by atoms with Gasteiger partial charge in [0.25, 0.3) is 0 Å². The molecule has 0 spiro atoms. The van der Waals surface area contributed by atoms with Gasteiger partial charge in [0.1, 0.15) is 17.6 Å². The van der Waals surface area contributed by atoms with Crippen LogP contribution in [0.1, 0.15) is 44.6 Å². The zero-order valence-corrected chi connectivity index (χ0v) is 15.2. The minimum Gasteiger partial charge on any atom is -0.494 e. The highest BCUT2D eigenvalue weighted by Crippen LogP contribution is 2.49. The van der Waals surface area contributed by atoms with Crippen LogP contribution in [0.2, 0.25) is 0 Å². The number of nitriles is 2. The Labute approximate surface area is 154 Å². The third-order valence-electron chi connectivity index (χ3n) is 5.06. The van der Waals surface area contributed by atoms with Gasteiger partial charge in [0.2, 0.25) is 0 Å². The Kier molecular flexibility index (Phi) is 5.28. The number of allylic oxidation sites excluding steroid dienone is 2. The van der Waals surface area contributed by atoms with Crippen molar-refractivity contribution in [3.8, 4) is 23.6 Å². The van der Waals surface area contributed by atoms with Gasteiger partial charge in [0, 0.05) is 12.0 Å². The molecule has 2 aliphatic carbocycles. The van der Waals surface area contributed by atoms with Crippen molar-refractivity contribution < 1.29 is 9.47 Å². The maximum absolute atomic E-state index is 9.72. The van der Waals surface area contributed by atoms with Gasteiger partial charge in [-0.3, -0.25) is 0 Å². The molecule has 0 saturated heterocycles. The molecular weight excluding hydrogens is 326 g/mol. The predicted octanol–water partition coefficient (Wildman–Crippen LogP) is 4.36. The first-order chi connectivity index (χ1) is 12.6. The summed E-state index contributed by atoms with van der Waals surface area (Å²) in [6.45, 7) is 4.93. The summed E-state index contributed by atoms with van der Waals surface area (Å²) in [5.41, 5.74) is 2.55. The van der Waals surface area contributed by atoms with Crippen molar-refractivity contribution in [1.82, 2.24) is 0 Å². The summed E-state index contributed by atoms with van der Waals surface area (Å²) in [4.78, 5) is 0. The van der Waals surface area contributed by atoms with Crippen LogP contribution < -0.4 is 9.47 Å². The number of nitrogens with zero attached hydrogens (tertiary/aromatic N) is 2. The van der Waals surface area contributed by atoms with Crippen molar-refractivity contribution in [3.05, 3.63) is 34.9 Å². The molecule has 5 heteroatoms. The van der Waals surface area contributed by atoms with Crippen molar-refractivity contribution in [1.29, 1.82) is 15.9 Å². The molecule has 26 heavy (non-hydrogen) atoms. The lowest BCUT2D eigenvalue weighted by Gasteiger charge is -2.31. The minimum absolute atomic E-state index is 0.157. The van der Waals surface area contributed by atoms with Crippen LogP contribution in [-0.4, -0.2) is 18.9 Å². The number of nitrogens with one attached hydrogen (secondary N) is 1. The van der Waals surface area contributed by atoms with Gasteiger partial charge in [-0.15, -0.1) is 0 Å². The molecule has 134 valence electrons. The summed E-state index contributed by atoms with van der Waals surface area (Å²) in [5, 5.41) is 27.7. The number of ether oxygens (including phenoxy) is 2. The van der Waals surface area contributed by atoms with Crippen molar-refractivity contribution in [2.75, 3.05) is 13.2 Å². The molecule has 1 aromatic carbocycles. The predicted molar refractivity (Wildman–Crippen MR) is 98.3 cm³/mol. The highest BCUT2D eigenvalue weighted by atomic mass is 16.5. The second-order valence-electron chi connectivity index (χ2n) is 6.68. The first kappa shape index (κ1) is 18.0. The molecule has 0 radical (unpaired) electrons. The standard InChI is InChI=1S/C21H23N3O2/c1-3-25-14-7-8-15(20(9-14)26-4-2)17-10-16(13-5-6-13)18(11-22)21(24)19(17)12-23/h7-9,13,17,19,24H,3-6,10H2,1-2H3/t17-,19?/m1/s1. The number of benzene rings is 1. The highest BCUT2D eigenvalue weighted by Gasteiger charge is 2.41. The van der Waals surface area contributed by atoms with Crippen molar-refractivity contribution in [2.24, 2.45) is 11.8 Å². The Morgan fingerprint density at radius 3 is 2.46 bits per heavy atom. The Morgan fingerprint density at radius 2 is 1.88 bits per heavy atom. The van der Waals surface area contributed by atoms with Gasteiger partial charge in [-0.25, -0.2) is 0 Å². The van der Waals surface area contributed by atoms with Crippen LogP contribution in [0.3, 0.4) is 0 Å². The summed E-state index contributed by atoms with van der Waals surface area (Å²) in [6, 6.07) is 10.1. The maximum atomic E-state index is 9.72. The first-order valence-electron chi connectivity index (χ1n) is 9.15. The fourth-order valence-electron chi connectivity index (χ4n) is 3.72. The molecule has 1 unspecified atom stereocenters. The summed E-state index contributed by atoms with van der Waals surface area (Å²) in [5.74, 6) is 1.02. The molecule has 1 fully saturated rings. The van der Waals surface area contributed by atoms with Gasteiger partial charge < -0.3 is 14.9 Å². The van der Waals surface area contributed by atoms with Gasteiger partial charge in [-0.2, -0.15) is 10.5 Å². The molecule has 1 aromatic rings. The normalized spacial score (nSPS) is 22.5. The molecule has 2 aliphatic rings. The van der Waals surface area contributed by atoms with E-state index in [1.165, 1.54) is 0 Å². The molecule has 5 nitrogen and oxygen atoms in total. The summed E-state index contributed by atoms with van der Waals surface area (Å²) in [7, 11) is 0. The number of hydrogen-bond acceptors (Lipinski definition) is 5. The Balaban J connectivity index is 2.05. The van der Waals surface area contributed by atoms with Crippen LogP contribution in [0.25, 0.3) is 0 Å². The molecule has 0 heterocycles. The summed E-state index contributed by atoms with van der Waals surface area (Å²) >= 11 is 0. The van der Waals surface area contributed by atoms with Crippen LogP contribution in [0.15, 0.2) is 29.3 Å². The Hall–Kier alpha value is -2.79. The van der Waals surface area contributed by atoms with E-state index in [1.54, 1.807) is 0 Å². The maximum Gasteiger partial charge on any atom is 0.126 e. The third kappa shape index (κ3) is 3.30. The third-order valence-corrected chi connectivity index (χ3v) is 5.06. The molecule has 1 saturated carbocycles. The molecule has 2 atom stereocenters. The van der Waals surface area contributed by atoms with Gasteiger partial charge in [-0.05, 0) is 56.2 Å². The monoisotopic (exact) mass is 349 g/mol. The molecule has 0 bridgehead atoms. The van der Waals surface area contributed by atoms with Gasteiger partial charge in [-0.1, -0.05) is 6.07 Å². The van der Waals surface area contributed by atoms with Crippen molar-refractivity contribution in [3.63, 3.8) is 0 Å². The quantitative estimate of drug-likeness (QED) is 0.826. The summed E-state index contributed by atoms with van der Waals surface area (Å²) < 4.78 is 11.4. The minimum atomic E-state index is -0.635. The Morgan fingerprint density at radius 1 is 1.15 bits per heavy atom. The van der Waals surface area contributed by atoms with E-state index >= 15 is 0 Å². The first-order valence-corrected chi connectivity index (χ1v) is 9.15. The molecule has 3 rings (SSSR count). The molecule has 1 N–H and O–H groups in total. The van der Waals surface area contributed by atoms with Crippen LogP contribution in [0.4, 0.5) is 0 Å². The Bertz CT molecular complexity index is 825. The van der Waals surface area contributed by atoms with Crippen LogP contribution in [0, 0.1) is 39.9 Å². The van der Waals surface area contributed by atoms with E-state index in [9.17, 15) is 10.5 Å². The van der Waals surface area contributed by atoms with E-state index in [2.05, 4.69) is 12.1 Å². The topological polar surface area (TPSA) is 89.9 Å². The number of rotatable bonds is 6. The second kappa shape index (κ2) is 7.62.